The van der Waals surface area contributed by atoms with E-state index in [4.69, 9.17) is 18.5 Å². The summed E-state index contributed by atoms with van der Waals surface area (Å²) in [7, 11) is 1.64. The van der Waals surface area contributed by atoms with E-state index in [1.54, 1.807) is 0 Å². The van der Waals surface area contributed by atoms with Crippen molar-refractivity contribution in [1.82, 2.24) is 0 Å². The second kappa shape index (κ2) is 33.6. The van der Waals surface area contributed by atoms with Crippen molar-refractivity contribution in [2.24, 2.45) is 0 Å². The fourth-order valence-corrected chi connectivity index (χ4v) is 5.58. The predicted octanol–water partition coefficient (Wildman–Crippen LogP) is 10.8. The molecule has 8 nitrogen and oxygen atoms in total. The van der Waals surface area contributed by atoms with E-state index >= 15 is 0 Å². The minimum atomic E-state index is -4.27. The van der Waals surface area contributed by atoms with Crippen LogP contribution in [0.2, 0.25) is 0 Å². The summed E-state index contributed by atoms with van der Waals surface area (Å²) in [5.41, 5.74) is 0. The van der Waals surface area contributed by atoms with Crippen LogP contribution in [-0.4, -0.2) is 75.6 Å². The van der Waals surface area contributed by atoms with Crippen LogP contribution in [0.1, 0.15) is 142 Å². The summed E-state index contributed by atoms with van der Waals surface area (Å²) in [6, 6.07) is 0. The molecule has 0 bridgehead atoms. The Morgan fingerprint density at radius 2 is 1.18 bits per heavy atom. The lowest BCUT2D eigenvalue weighted by Gasteiger charge is -2.24. The molecule has 2 unspecified atom stereocenters. The van der Waals surface area contributed by atoms with Gasteiger partial charge in [0.05, 0.1) is 34.4 Å². The van der Waals surface area contributed by atoms with E-state index < -0.39 is 13.9 Å². The highest BCUT2D eigenvalue weighted by Gasteiger charge is 2.26. The molecule has 0 spiro atoms. The SMILES string of the molecule is CC/C=C\C/C=C\C/C=C\CCCCCCCCOCC(COP(=O)(O)OCC[N+](C)(C)C)OC(=O)CCCCCCC/C=C\CCCC. The molecule has 0 aromatic heterocycles. The number of phosphoric ester groups is 1. The number of hydrogen-bond acceptors (Lipinski definition) is 6. The van der Waals surface area contributed by atoms with Gasteiger partial charge in [0.2, 0.25) is 0 Å². The Morgan fingerprint density at radius 1 is 0.653 bits per heavy atom. The molecule has 0 aromatic carbocycles. The van der Waals surface area contributed by atoms with E-state index in [1.807, 2.05) is 21.1 Å². The summed E-state index contributed by atoms with van der Waals surface area (Å²) in [5.74, 6) is -0.332. The molecule has 0 saturated heterocycles. The largest absolute Gasteiger partial charge is 0.472 e. The number of nitrogens with zero attached hydrogens (tertiary/aromatic N) is 1. The number of allylic oxidation sites excluding steroid dienone is 8. The molecular weight excluding hydrogens is 637 g/mol. The van der Waals surface area contributed by atoms with Crippen molar-refractivity contribution in [3.63, 3.8) is 0 Å². The van der Waals surface area contributed by atoms with Crippen LogP contribution in [0.25, 0.3) is 0 Å². The third kappa shape index (κ3) is 37.5. The second-order valence-electron chi connectivity index (χ2n) is 13.9. The molecule has 0 aromatic rings. The van der Waals surface area contributed by atoms with E-state index in [1.165, 1.54) is 44.9 Å². The van der Waals surface area contributed by atoms with E-state index in [9.17, 15) is 14.3 Å². The van der Waals surface area contributed by atoms with Gasteiger partial charge in [0.15, 0.2) is 0 Å². The Morgan fingerprint density at radius 3 is 1.80 bits per heavy atom. The summed E-state index contributed by atoms with van der Waals surface area (Å²) in [5, 5.41) is 0. The highest BCUT2D eigenvalue weighted by Crippen LogP contribution is 2.43. The van der Waals surface area contributed by atoms with Crippen molar-refractivity contribution >= 4 is 13.8 Å². The van der Waals surface area contributed by atoms with Gasteiger partial charge in [-0.2, -0.15) is 0 Å². The fraction of sp³-hybridized carbons (Fsp3) is 0.775. The molecular formula is C40H75NO7P+. The van der Waals surface area contributed by atoms with E-state index in [0.29, 0.717) is 24.1 Å². The van der Waals surface area contributed by atoms with Crippen LogP contribution in [0, 0.1) is 0 Å². The van der Waals surface area contributed by atoms with Crippen LogP contribution in [0.4, 0.5) is 0 Å². The lowest BCUT2D eigenvalue weighted by molar-refractivity contribution is -0.870. The van der Waals surface area contributed by atoms with Crippen molar-refractivity contribution in [2.75, 3.05) is 54.1 Å². The maximum atomic E-state index is 12.6. The molecule has 0 radical (unpaired) electrons. The molecule has 0 aliphatic carbocycles. The second-order valence-corrected chi connectivity index (χ2v) is 15.4. The Kier molecular flexibility index (Phi) is 32.5. The molecule has 286 valence electrons. The van der Waals surface area contributed by atoms with Gasteiger partial charge in [-0.05, 0) is 64.2 Å². The molecule has 1 N–H and O–H groups in total. The van der Waals surface area contributed by atoms with Crippen LogP contribution >= 0.6 is 7.82 Å². The predicted molar refractivity (Wildman–Crippen MR) is 206 cm³/mol. The van der Waals surface area contributed by atoms with E-state index in [-0.39, 0.29) is 25.8 Å². The van der Waals surface area contributed by atoms with Gasteiger partial charge in [-0.3, -0.25) is 13.8 Å². The van der Waals surface area contributed by atoms with Crippen LogP contribution in [0.5, 0.6) is 0 Å². The zero-order chi connectivity index (χ0) is 36.3. The topological polar surface area (TPSA) is 91.3 Å². The zero-order valence-corrected chi connectivity index (χ0v) is 33.1. The number of carbonyl (C=O) groups excluding carboxylic acids is 1. The van der Waals surface area contributed by atoms with Crippen LogP contribution in [0.3, 0.4) is 0 Å². The maximum absolute atomic E-state index is 12.6. The lowest BCUT2D eigenvalue weighted by atomic mass is 10.1. The number of carbonyl (C=O) groups is 1. The molecule has 9 heteroatoms. The Bertz CT molecular complexity index is 926. The number of esters is 1. The number of phosphoric acid groups is 1. The molecule has 0 aliphatic rings. The van der Waals surface area contributed by atoms with Gasteiger partial charge in [-0.25, -0.2) is 4.57 Å². The third-order valence-corrected chi connectivity index (χ3v) is 8.86. The molecule has 0 rings (SSSR count). The normalized spacial score (nSPS) is 14.5. The molecule has 0 amide bonds. The minimum absolute atomic E-state index is 0.0824. The van der Waals surface area contributed by atoms with Crippen LogP contribution in [0.15, 0.2) is 48.6 Å². The maximum Gasteiger partial charge on any atom is 0.472 e. The van der Waals surface area contributed by atoms with Crippen molar-refractivity contribution in [3.05, 3.63) is 48.6 Å². The number of rotatable bonds is 35. The molecule has 0 aliphatic heterocycles. The number of hydrogen-bond donors (Lipinski definition) is 1. The number of ether oxygens (including phenoxy) is 2. The molecule has 2 atom stereocenters. The smallest absolute Gasteiger partial charge is 0.457 e. The van der Waals surface area contributed by atoms with Gasteiger partial charge >= 0.3 is 13.8 Å². The summed E-state index contributed by atoms with van der Waals surface area (Å²) < 4.78 is 34.8. The fourth-order valence-electron chi connectivity index (χ4n) is 4.84. The van der Waals surface area contributed by atoms with E-state index in [0.717, 1.165) is 77.0 Å². The van der Waals surface area contributed by atoms with Crippen molar-refractivity contribution in [3.8, 4) is 0 Å². The number of likely N-dealkylation sites (N-methyl/N-ethyl adjacent to an activating group) is 1. The Balaban J connectivity index is 4.32. The lowest BCUT2D eigenvalue weighted by Crippen LogP contribution is -2.37. The van der Waals surface area contributed by atoms with Gasteiger partial charge in [0, 0.05) is 13.0 Å². The minimum Gasteiger partial charge on any atom is -0.457 e. The Hall–Kier alpha value is -1.54. The monoisotopic (exact) mass is 713 g/mol. The van der Waals surface area contributed by atoms with Crippen molar-refractivity contribution in [1.29, 1.82) is 0 Å². The quantitative estimate of drug-likeness (QED) is 0.0230. The first kappa shape index (κ1) is 47.5. The summed E-state index contributed by atoms with van der Waals surface area (Å²) in [6.45, 7) is 5.41. The average Bonchev–Trinajstić information content (AvgIpc) is 3.04. The number of unbranched alkanes of at least 4 members (excludes halogenated alkanes) is 13. The van der Waals surface area contributed by atoms with E-state index in [2.05, 4.69) is 62.5 Å². The van der Waals surface area contributed by atoms with Gasteiger partial charge in [0.25, 0.3) is 0 Å². The van der Waals surface area contributed by atoms with Crippen LogP contribution in [-0.2, 0) is 27.9 Å². The first-order chi connectivity index (χ1) is 23.6. The first-order valence-corrected chi connectivity index (χ1v) is 20.9. The van der Waals surface area contributed by atoms with Gasteiger partial charge in [-0.15, -0.1) is 0 Å². The number of quaternary nitrogens is 1. The summed E-state index contributed by atoms with van der Waals surface area (Å²) in [4.78, 5) is 22.7. The van der Waals surface area contributed by atoms with Crippen LogP contribution < -0.4 is 0 Å². The summed E-state index contributed by atoms with van der Waals surface area (Å²) in [6.07, 6.45) is 38.5. The Labute approximate surface area is 301 Å². The first-order valence-electron chi connectivity index (χ1n) is 19.4. The highest BCUT2D eigenvalue weighted by atomic mass is 31.2. The van der Waals surface area contributed by atoms with Gasteiger partial charge < -0.3 is 18.9 Å². The standard InChI is InChI=1S/C40H74NO7P/c1-6-8-10-12-14-16-18-19-20-21-22-24-26-28-30-32-35-45-37-39(38-47-49(43,44)46-36-34-41(3,4)5)48-40(42)33-31-29-27-25-23-17-15-13-11-9-7-2/h8,10,13-16,19-20,39H,6-7,9,11-12,17-18,21-38H2,1-5H3/p+1/b10-8-,15-13-,16-14-,20-19-. The molecule has 0 fully saturated rings. The summed E-state index contributed by atoms with van der Waals surface area (Å²) >= 11 is 0. The average molecular weight is 713 g/mol. The molecule has 0 heterocycles. The highest BCUT2D eigenvalue weighted by molar-refractivity contribution is 7.47. The molecule has 49 heavy (non-hydrogen) atoms. The third-order valence-electron chi connectivity index (χ3n) is 7.87. The van der Waals surface area contributed by atoms with Crippen molar-refractivity contribution in [2.45, 2.75) is 148 Å². The van der Waals surface area contributed by atoms with Crippen molar-refractivity contribution < 1.29 is 37.3 Å². The molecule has 0 saturated carbocycles. The van der Waals surface area contributed by atoms with Gasteiger partial charge in [0.1, 0.15) is 19.3 Å². The zero-order valence-electron chi connectivity index (χ0n) is 32.2. The van der Waals surface area contributed by atoms with Gasteiger partial charge in [-0.1, -0.05) is 120 Å².